The third-order valence-electron chi connectivity index (χ3n) is 7.39. The van der Waals surface area contributed by atoms with E-state index in [4.69, 9.17) is 9.98 Å². The van der Waals surface area contributed by atoms with E-state index in [1.54, 1.807) is 0 Å². The number of hydrogen-bond donors (Lipinski definition) is 2. The number of thioether (sulfide) groups is 1. The number of fused-ring (bicyclic) bond motifs is 3. The Balaban J connectivity index is 1.30. The smallest absolute Gasteiger partial charge is 0.259 e. The fourth-order valence-electron chi connectivity index (χ4n) is 5.18. The van der Waals surface area contributed by atoms with Gasteiger partial charge in [-0.25, -0.2) is 9.89 Å². The summed E-state index contributed by atoms with van der Waals surface area (Å²) in [5.74, 6) is -0.0399. The van der Waals surface area contributed by atoms with Crippen molar-refractivity contribution in [3.63, 3.8) is 0 Å². The monoisotopic (exact) mass is 545 g/mol. The summed E-state index contributed by atoms with van der Waals surface area (Å²) < 4.78 is 0. The predicted molar refractivity (Wildman–Crippen MR) is 155 cm³/mol. The number of nitrogens with zero attached hydrogens (tertiary/aromatic N) is 3. The number of nitrogens with one attached hydrogen (secondary N) is 2. The van der Waals surface area contributed by atoms with Crippen LogP contribution in [-0.4, -0.2) is 51.0 Å². The molecule has 0 radical (unpaired) electrons. The average molecular weight is 546 g/mol. The number of para-hydroxylation sites is 1. The summed E-state index contributed by atoms with van der Waals surface area (Å²) in [5, 5.41) is 6.10. The van der Waals surface area contributed by atoms with Gasteiger partial charge in [-0.15, -0.1) is 0 Å². The fraction of sp³-hybridized carbons (Fsp3) is 0.433. The van der Waals surface area contributed by atoms with Gasteiger partial charge in [0.15, 0.2) is 5.17 Å². The highest BCUT2D eigenvalue weighted by molar-refractivity contribution is 8.15. The number of rotatable bonds is 8. The van der Waals surface area contributed by atoms with Crippen molar-refractivity contribution in [2.75, 3.05) is 0 Å². The molecule has 3 amide bonds. The van der Waals surface area contributed by atoms with Crippen LogP contribution in [0.1, 0.15) is 68.6 Å². The molecule has 9 heteroatoms. The molecule has 2 aromatic carbocycles. The molecule has 2 N–H and O–H groups in total. The van der Waals surface area contributed by atoms with Gasteiger partial charge in [-0.3, -0.25) is 19.4 Å². The molecule has 5 rings (SSSR count). The molecule has 1 aliphatic carbocycles. The largest absolute Gasteiger partial charge is 0.353 e. The van der Waals surface area contributed by atoms with E-state index in [1.165, 1.54) is 28.6 Å². The molecule has 0 unspecified atom stereocenters. The molecule has 39 heavy (non-hydrogen) atoms. The SMILES string of the molecule is CC[C@@H](SC1=Nc2ccccc2C2=N[C@@H](CC(=O)NC3CCCCC3)C(=O)N12)C(=O)NCc1ccc(C)cc1. The Morgan fingerprint density at radius 3 is 2.56 bits per heavy atom. The van der Waals surface area contributed by atoms with Crippen LogP contribution in [0.2, 0.25) is 0 Å². The van der Waals surface area contributed by atoms with Gasteiger partial charge in [-0.05, 0) is 43.9 Å². The number of carbonyl (C=O) groups is 3. The zero-order chi connectivity index (χ0) is 27.4. The third kappa shape index (κ3) is 6.24. The first-order valence-corrected chi connectivity index (χ1v) is 14.7. The zero-order valence-electron chi connectivity index (χ0n) is 22.5. The van der Waals surface area contributed by atoms with E-state index in [1.807, 2.05) is 62.4 Å². The van der Waals surface area contributed by atoms with Crippen molar-refractivity contribution in [2.24, 2.45) is 9.98 Å². The number of aliphatic imine (C=N–C) groups is 2. The maximum Gasteiger partial charge on any atom is 0.259 e. The van der Waals surface area contributed by atoms with E-state index in [0.29, 0.717) is 29.7 Å². The van der Waals surface area contributed by atoms with Crippen molar-refractivity contribution >= 4 is 46.2 Å². The van der Waals surface area contributed by atoms with Crippen LogP contribution in [-0.2, 0) is 20.9 Å². The molecule has 0 bridgehead atoms. The Morgan fingerprint density at radius 2 is 1.82 bits per heavy atom. The highest BCUT2D eigenvalue weighted by Crippen LogP contribution is 2.35. The number of hydrogen-bond acceptors (Lipinski definition) is 6. The van der Waals surface area contributed by atoms with Crippen LogP contribution in [0.5, 0.6) is 0 Å². The third-order valence-corrected chi connectivity index (χ3v) is 8.71. The van der Waals surface area contributed by atoms with Crippen molar-refractivity contribution < 1.29 is 14.4 Å². The topological polar surface area (TPSA) is 103 Å². The van der Waals surface area contributed by atoms with Crippen LogP contribution >= 0.6 is 11.8 Å². The second-order valence-corrected chi connectivity index (χ2v) is 11.5. The van der Waals surface area contributed by atoms with Crippen molar-refractivity contribution in [1.29, 1.82) is 0 Å². The fourth-order valence-corrected chi connectivity index (χ4v) is 6.23. The van der Waals surface area contributed by atoms with Crippen LogP contribution in [0.15, 0.2) is 58.5 Å². The van der Waals surface area contributed by atoms with Crippen molar-refractivity contribution in [3.05, 3.63) is 65.2 Å². The predicted octanol–water partition coefficient (Wildman–Crippen LogP) is 4.62. The first-order valence-electron chi connectivity index (χ1n) is 13.8. The summed E-state index contributed by atoms with van der Waals surface area (Å²) in [6.07, 6.45) is 5.98. The van der Waals surface area contributed by atoms with Crippen LogP contribution in [0.4, 0.5) is 5.69 Å². The lowest BCUT2D eigenvalue weighted by molar-refractivity contribution is -0.129. The number of amidine groups is 2. The Kier molecular flexibility index (Phi) is 8.45. The van der Waals surface area contributed by atoms with Gasteiger partial charge in [0.05, 0.1) is 17.4 Å². The maximum absolute atomic E-state index is 13.6. The van der Waals surface area contributed by atoms with Crippen molar-refractivity contribution in [3.8, 4) is 0 Å². The van der Waals surface area contributed by atoms with Crippen LogP contribution < -0.4 is 10.6 Å². The van der Waals surface area contributed by atoms with Gasteiger partial charge in [0.25, 0.3) is 5.91 Å². The minimum absolute atomic E-state index is 0.00366. The molecule has 1 saturated carbocycles. The summed E-state index contributed by atoms with van der Waals surface area (Å²) in [5.41, 5.74) is 3.64. The zero-order valence-corrected chi connectivity index (χ0v) is 23.3. The number of amides is 3. The van der Waals surface area contributed by atoms with E-state index in [2.05, 4.69) is 10.6 Å². The van der Waals surface area contributed by atoms with Gasteiger partial charge < -0.3 is 10.6 Å². The Morgan fingerprint density at radius 1 is 1.08 bits per heavy atom. The quantitative estimate of drug-likeness (QED) is 0.505. The second-order valence-electron chi connectivity index (χ2n) is 10.4. The second kappa shape index (κ2) is 12.2. The Bertz CT molecular complexity index is 1300. The van der Waals surface area contributed by atoms with Gasteiger partial charge in [0.1, 0.15) is 11.9 Å². The van der Waals surface area contributed by atoms with Gasteiger partial charge in [0, 0.05) is 18.2 Å². The molecular formula is C30H35N5O3S. The molecule has 8 nitrogen and oxygen atoms in total. The molecule has 2 heterocycles. The molecule has 0 aromatic heterocycles. The highest BCUT2D eigenvalue weighted by Gasteiger charge is 2.43. The molecule has 0 saturated heterocycles. The van der Waals surface area contributed by atoms with E-state index >= 15 is 0 Å². The minimum atomic E-state index is -0.809. The van der Waals surface area contributed by atoms with Gasteiger partial charge in [-0.1, -0.05) is 79.9 Å². The standard InChI is InChI=1S/C30H35N5O3S/c1-3-25(28(37)31-18-20-15-13-19(2)14-16-20)39-30-34-23-12-8-7-11-22(23)27-33-24(29(38)35(27)30)17-26(36)32-21-9-5-4-6-10-21/h7-8,11-16,21,24-25H,3-6,9-10,17-18H2,1-2H3,(H,31,37)(H,32,36)/t24-,25+/m0/s1. The van der Waals surface area contributed by atoms with Crippen LogP contribution in [0.25, 0.3) is 0 Å². The molecule has 1 fully saturated rings. The molecule has 204 valence electrons. The first-order chi connectivity index (χ1) is 18.9. The van der Waals surface area contributed by atoms with E-state index in [-0.39, 0.29) is 30.2 Å². The summed E-state index contributed by atoms with van der Waals surface area (Å²) >= 11 is 1.27. The lowest BCUT2D eigenvalue weighted by atomic mass is 9.95. The Labute approximate surface area is 233 Å². The molecular weight excluding hydrogens is 510 g/mol. The van der Waals surface area contributed by atoms with E-state index < -0.39 is 11.3 Å². The van der Waals surface area contributed by atoms with E-state index in [0.717, 1.165) is 36.8 Å². The van der Waals surface area contributed by atoms with E-state index in [9.17, 15) is 14.4 Å². The Hall–Kier alpha value is -3.46. The number of benzene rings is 2. The van der Waals surface area contributed by atoms with Gasteiger partial charge in [0.2, 0.25) is 11.8 Å². The molecule has 2 atom stereocenters. The minimum Gasteiger partial charge on any atom is -0.353 e. The summed E-state index contributed by atoms with van der Waals surface area (Å²) in [6, 6.07) is 14.9. The van der Waals surface area contributed by atoms with Crippen LogP contribution in [0, 0.1) is 6.92 Å². The van der Waals surface area contributed by atoms with Crippen molar-refractivity contribution in [2.45, 2.75) is 82.7 Å². The normalized spacial score (nSPS) is 19.5. The molecule has 2 aromatic rings. The van der Waals surface area contributed by atoms with Gasteiger partial charge in [-0.2, -0.15) is 0 Å². The number of carbonyl (C=O) groups excluding carboxylic acids is 3. The summed E-state index contributed by atoms with van der Waals surface area (Å²) in [4.78, 5) is 50.5. The van der Waals surface area contributed by atoms with Crippen molar-refractivity contribution in [1.82, 2.24) is 15.5 Å². The lowest BCUT2D eigenvalue weighted by Gasteiger charge is -2.27. The van der Waals surface area contributed by atoms with Gasteiger partial charge >= 0.3 is 0 Å². The first kappa shape index (κ1) is 27.1. The summed E-state index contributed by atoms with van der Waals surface area (Å²) in [7, 11) is 0. The molecule has 0 spiro atoms. The maximum atomic E-state index is 13.6. The van der Waals surface area contributed by atoms with Crippen LogP contribution in [0.3, 0.4) is 0 Å². The average Bonchev–Trinajstić information content (AvgIpc) is 3.27. The highest BCUT2D eigenvalue weighted by atomic mass is 32.2. The summed E-state index contributed by atoms with van der Waals surface area (Å²) in [6.45, 7) is 4.40. The molecule has 3 aliphatic rings. The lowest BCUT2D eigenvalue weighted by Crippen LogP contribution is -2.44. The molecule has 2 aliphatic heterocycles. The number of aryl methyl sites for hydroxylation is 1.